The summed E-state index contributed by atoms with van der Waals surface area (Å²) >= 11 is 0. The zero-order valence-corrected chi connectivity index (χ0v) is 27.7. The number of nitrogens with zero attached hydrogens (tertiary/aromatic N) is 2. The van der Waals surface area contributed by atoms with Gasteiger partial charge in [-0.2, -0.15) is 0 Å². The van der Waals surface area contributed by atoms with Gasteiger partial charge in [-0.1, -0.05) is 73.7 Å². The molecule has 1 fully saturated rings. The van der Waals surface area contributed by atoms with Gasteiger partial charge in [-0.05, 0) is 62.9 Å². The van der Waals surface area contributed by atoms with Gasteiger partial charge in [-0.25, -0.2) is 8.42 Å². The van der Waals surface area contributed by atoms with Gasteiger partial charge in [-0.3, -0.25) is 13.9 Å². The third-order valence-electron chi connectivity index (χ3n) is 8.32. The zero-order chi connectivity index (χ0) is 32.6. The fourth-order valence-corrected chi connectivity index (χ4v) is 7.22. The Bertz CT molecular complexity index is 1570. The molecule has 0 aliphatic heterocycles. The molecule has 0 spiro atoms. The number of hydrogen-bond donors (Lipinski definition) is 1. The van der Waals surface area contributed by atoms with Crippen LogP contribution in [0.25, 0.3) is 0 Å². The number of rotatable bonds is 13. The van der Waals surface area contributed by atoms with Crippen molar-refractivity contribution < 1.29 is 27.5 Å². The van der Waals surface area contributed by atoms with Gasteiger partial charge >= 0.3 is 0 Å². The second-order valence-electron chi connectivity index (χ2n) is 11.6. The van der Waals surface area contributed by atoms with E-state index in [4.69, 9.17) is 9.47 Å². The summed E-state index contributed by atoms with van der Waals surface area (Å²) in [6.45, 7) is 5.34. The predicted octanol–water partition coefficient (Wildman–Crippen LogP) is 5.77. The van der Waals surface area contributed by atoms with E-state index < -0.39 is 28.5 Å². The number of carbonyl (C=O) groups is 2. The Labute approximate surface area is 267 Å². The van der Waals surface area contributed by atoms with Gasteiger partial charge in [-0.15, -0.1) is 0 Å². The Hall–Kier alpha value is -4.05. The van der Waals surface area contributed by atoms with Gasteiger partial charge in [0.1, 0.15) is 12.6 Å². The van der Waals surface area contributed by atoms with Crippen LogP contribution in [0.4, 0.5) is 5.69 Å². The van der Waals surface area contributed by atoms with Gasteiger partial charge < -0.3 is 19.7 Å². The number of carbonyl (C=O) groups excluding carboxylic acids is 2. The average molecular weight is 636 g/mol. The molecule has 1 atom stereocenters. The number of hydrogen-bond acceptors (Lipinski definition) is 6. The van der Waals surface area contributed by atoms with Gasteiger partial charge in [0.2, 0.25) is 11.8 Å². The van der Waals surface area contributed by atoms with Crippen molar-refractivity contribution in [3.63, 3.8) is 0 Å². The molecule has 3 aromatic rings. The second kappa shape index (κ2) is 15.3. The van der Waals surface area contributed by atoms with Crippen LogP contribution < -0.4 is 19.1 Å². The fourth-order valence-electron chi connectivity index (χ4n) is 5.82. The molecule has 0 radical (unpaired) electrons. The summed E-state index contributed by atoms with van der Waals surface area (Å²) in [5.41, 5.74) is 3.01. The van der Waals surface area contributed by atoms with E-state index in [9.17, 15) is 18.0 Å². The lowest BCUT2D eigenvalue weighted by atomic mass is 9.95. The van der Waals surface area contributed by atoms with Crippen LogP contribution in [-0.2, 0) is 26.2 Å². The SMILES string of the molecule is CCC(C(=O)NC1CCCCC1)N(Cc1cccc(C)c1)C(=O)CN(c1ccc(OC)c(OC)c1)S(=O)(=O)c1ccc(C)cc1. The summed E-state index contributed by atoms with van der Waals surface area (Å²) in [6, 6.07) is 18.3. The maximum atomic E-state index is 14.4. The van der Waals surface area contributed by atoms with Gasteiger partial charge in [0, 0.05) is 18.7 Å². The van der Waals surface area contributed by atoms with Crippen molar-refractivity contribution in [2.45, 2.75) is 82.8 Å². The number of anilines is 1. The number of benzene rings is 3. The molecule has 2 amide bonds. The first-order valence-electron chi connectivity index (χ1n) is 15.5. The third-order valence-corrected chi connectivity index (χ3v) is 10.1. The topological polar surface area (TPSA) is 105 Å². The molecule has 4 rings (SSSR count). The van der Waals surface area contributed by atoms with Crippen LogP contribution in [-0.4, -0.2) is 58.0 Å². The van der Waals surface area contributed by atoms with Crippen molar-refractivity contribution in [3.05, 3.63) is 83.4 Å². The van der Waals surface area contributed by atoms with Crippen LogP contribution in [0.3, 0.4) is 0 Å². The molecule has 1 aliphatic rings. The lowest BCUT2D eigenvalue weighted by Gasteiger charge is -2.34. The van der Waals surface area contributed by atoms with E-state index in [0.29, 0.717) is 17.9 Å². The van der Waals surface area contributed by atoms with Crippen LogP contribution in [0.2, 0.25) is 0 Å². The molecule has 9 nitrogen and oxygen atoms in total. The lowest BCUT2D eigenvalue weighted by molar-refractivity contribution is -0.140. The number of aryl methyl sites for hydroxylation is 2. The third kappa shape index (κ3) is 8.36. The highest BCUT2D eigenvalue weighted by atomic mass is 32.2. The Morgan fingerprint density at radius 3 is 2.20 bits per heavy atom. The number of nitrogens with one attached hydrogen (secondary N) is 1. The monoisotopic (exact) mass is 635 g/mol. The Kier molecular flexibility index (Phi) is 11.5. The first kappa shape index (κ1) is 33.8. The first-order chi connectivity index (χ1) is 21.6. The Balaban J connectivity index is 1.75. The molecule has 1 saturated carbocycles. The normalized spacial score (nSPS) is 14.3. The molecule has 10 heteroatoms. The van der Waals surface area contributed by atoms with Crippen LogP contribution in [0.1, 0.15) is 62.1 Å². The summed E-state index contributed by atoms with van der Waals surface area (Å²) < 4.78 is 40.3. The molecular weight excluding hydrogens is 590 g/mol. The molecule has 45 heavy (non-hydrogen) atoms. The molecular formula is C35H45N3O6S. The number of amides is 2. The summed E-state index contributed by atoms with van der Waals surface area (Å²) in [5.74, 6) is 0.0327. The number of ether oxygens (including phenoxy) is 2. The summed E-state index contributed by atoms with van der Waals surface area (Å²) in [7, 11) is -1.25. The average Bonchev–Trinajstić information content (AvgIpc) is 3.03. The highest BCUT2D eigenvalue weighted by Crippen LogP contribution is 2.34. The fraction of sp³-hybridized carbons (Fsp3) is 0.429. The summed E-state index contributed by atoms with van der Waals surface area (Å²) in [4.78, 5) is 29.7. The van der Waals surface area contributed by atoms with Crippen LogP contribution in [0.15, 0.2) is 71.6 Å². The van der Waals surface area contributed by atoms with E-state index in [1.54, 1.807) is 24.3 Å². The minimum Gasteiger partial charge on any atom is -0.493 e. The van der Waals surface area contributed by atoms with E-state index >= 15 is 0 Å². The quantitative estimate of drug-likeness (QED) is 0.256. The maximum Gasteiger partial charge on any atom is 0.264 e. The summed E-state index contributed by atoms with van der Waals surface area (Å²) in [5, 5.41) is 3.18. The minimum atomic E-state index is -4.21. The Morgan fingerprint density at radius 2 is 1.58 bits per heavy atom. The number of methoxy groups -OCH3 is 2. The van der Waals surface area contributed by atoms with Crippen molar-refractivity contribution >= 4 is 27.5 Å². The first-order valence-corrected chi connectivity index (χ1v) is 17.0. The van der Waals surface area contributed by atoms with E-state index in [-0.39, 0.29) is 29.1 Å². The molecule has 1 unspecified atom stereocenters. The van der Waals surface area contributed by atoms with Crippen LogP contribution >= 0.6 is 0 Å². The van der Waals surface area contributed by atoms with Crippen LogP contribution in [0, 0.1) is 13.8 Å². The van der Waals surface area contributed by atoms with Crippen molar-refractivity contribution in [2.24, 2.45) is 0 Å². The van der Waals surface area contributed by atoms with Crippen molar-refractivity contribution in [2.75, 3.05) is 25.1 Å². The molecule has 3 aromatic carbocycles. The highest BCUT2D eigenvalue weighted by Gasteiger charge is 2.34. The van der Waals surface area contributed by atoms with E-state index in [0.717, 1.165) is 53.1 Å². The van der Waals surface area contributed by atoms with Crippen molar-refractivity contribution in [1.29, 1.82) is 0 Å². The van der Waals surface area contributed by atoms with Gasteiger partial charge in [0.15, 0.2) is 11.5 Å². The smallest absolute Gasteiger partial charge is 0.264 e. The molecule has 0 aromatic heterocycles. The largest absolute Gasteiger partial charge is 0.493 e. The standard InChI is InChI=1S/C35H45N3O6S/c1-6-31(35(40)36-28-13-8-7-9-14-28)37(23-27-12-10-11-26(3)21-27)34(39)24-38(29-17-20-32(43-4)33(22-29)44-5)45(41,42)30-18-15-25(2)16-19-30/h10-12,15-22,28,31H,6-9,13-14,23-24H2,1-5H3,(H,36,40). The lowest BCUT2D eigenvalue weighted by Crippen LogP contribution is -2.54. The highest BCUT2D eigenvalue weighted by molar-refractivity contribution is 7.92. The van der Waals surface area contributed by atoms with Gasteiger partial charge in [0.05, 0.1) is 24.8 Å². The molecule has 1 aliphatic carbocycles. The molecule has 0 saturated heterocycles. The van der Waals surface area contributed by atoms with E-state index in [1.165, 1.54) is 37.3 Å². The van der Waals surface area contributed by atoms with E-state index in [2.05, 4.69) is 5.32 Å². The number of sulfonamides is 1. The molecule has 242 valence electrons. The maximum absolute atomic E-state index is 14.4. The molecule has 0 bridgehead atoms. The molecule has 0 heterocycles. The predicted molar refractivity (Wildman–Crippen MR) is 176 cm³/mol. The second-order valence-corrected chi connectivity index (χ2v) is 13.5. The Morgan fingerprint density at radius 1 is 0.889 bits per heavy atom. The van der Waals surface area contributed by atoms with Crippen molar-refractivity contribution in [1.82, 2.24) is 10.2 Å². The summed E-state index contributed by atoms with van der Waals surface area (Å²) in [6.07, 6.45) is 5.47. The minimum absolute atomic E-state index is 0.0444. The zero-order valence-electron chi connectivity index (χ0n) is 26.9. The van der Waals surface area contributed by atoms with Gasteiger partial charge in [0.25, 0.3) is 10.0 Å². The van der Waals surface area contributed by atoms with Crippen molar-refractivity contribution in [3.8, 4) is 11.5 Å². The van der Waals surface area contributed by atoms with E-state index in [1.807, 2.05) is 45.0 Å². The molecule has 1 N–H and O–H groups in total. The van der Waals surface area contributed by atoms with Crippen LogP contribution in [0.5, 0.6) is 11.5 Å².